The second-order valence-corrected chi connectivity index (χ2v) is 4.65. The Balaban J connectivity index is 2.01. The van der Waals surface area contributed by atoms with Crippen LogP contribution in [0.1, 0.15) is 12.8 Å². The van der Waals surface area contributed by atoms with E-state index in [-0.39, 0.29) is 0 Å². The summed E-state index contributed by atoms with van der Waals surface area (Å²) in [5.41, 5.74) is 0. The third-order valence-corrected chi connectivity index (χ3v) is 3.10. The number of piperidine rings is 1. The number of anilines is 1. The first-order valence-electron chi connectivity index (χ1n) is 5.66. The van der Waals surface area contributed by atoms with Crippen LogP contribution in [-0.4, -0.2) is 36.6 Å². The second kappa shape index (κ2) is 5.46. The van der Waals surface area contributed by atoms with Crippen molar-refractivity contribution >= 4 is 17.5 Å². The highest BCUT2D eigenvalue weighted by molar-refractivity contribution is 6.30. The van der Waals surface area contributed by atoms with Crippen LogP contribution in [0.25, 0.3) is 0 Å². The maximum Gasteiger partial charge on any atom is 0.225 e. The zero-order chi connectivity index (χ0) is 11.4. The molecule has 1 aliphatic rings. The molecule has 0 aromatic carbocycles. The molecule has 0 saturated carbocycles. The predicted octanol–water partition coefficient (Wildman–Crippen LogP) is 1.57. The van der Waals surface area contributed by atoms with Gasteiger partial charge in [0.15, 0.2) is 0 Å². The van der Waals surface area contributed by atoms with Gasteiger partial charge >= 0.3 is 0 Å². The molecule has 0 spiro atoms. The lowest BCUT2D eigenvalue weighted by Gasteiger charge is -2.32. The van der Waals surface area contributed by atoms with Crippen LogP contribution >= 0.6 is 11.6 Å². The van der Waals surface area contributed by atoms with Gasteiger partial charge in [-0.3, -0.25) is 0 Å². The number of nitrogens with one attached hydrogen (secondary N) is 1. The van der Waals surface area contributed by atoms with Crippen LogP contribution < -0.4 is 10.2 Å². The van der Waals surface area contributed by atoms with Crippen LogP contribution in [0, 0.1) is 5.92 Å². The normalized spacial score (nSPS) is 21.1. The van der Waals surface area contributed by atoms with Gasteiger partial charge in [-0.05, 0) is 32.4 Å². The molecule has 1 fully saturated rings. The third kappa shape index (κ3) is 2.83. The van der Waals surface area contributed by atoms with E-state index < -0.39 is 0 Å². The van der Waals surface area contributed by atoms with E-state index in [1.54, 1.807) is 12.4 Å². The average molecular weight is 241 g/mol. The molecule has 1 saturated heterocycles. The van der Waals surface area contributed by atoms with Gasteiger partial charge in [0.2, 0.25) is 5.95 Å². The summed E-state index contributed by atoms with van der Waals surface area (Å²) in [5, 5.41) is 3.82. The molecule has 0 aliphatic carbocycles. The van der Waals surface area contributed by atoms with Crippen molar-refractivity contribution in [3.05, 3.63) is 17.4 Å². The minimum atomic E-state index is 0.590. The van der Waals surface area contributed by atoms with Crippen molar-refractivity contribution in [2.45, 2.75) is 12.8 Å². The minimum Gasteiger partial charge on any atom is -0.341 e. The lowest BCUT2D eigenvalue weighted by atomic mass is 9.98. The van der Waals surface area contributed by atoms with Crippen LogP contribution in [0.5, 0.6) is 0 Å². The first kappa shape index (κ1) is 11.6. The summed E-state index contributed by atoms with van der Waals surface area (Å²) in [6.45, 7) is 3.13. The Morgan fingerprint density at radius 3 is 2.94 bits per heavy atom. The molecule has 16 heavy (non-hydrogen) atoms. The fourth-order valence-electron chi connectivity index (χ4n) is 2.17. The van der Waals surface area contributed by atoms with E-state index in [1.807, 2.05) is 7.05 Å². The summed E-state index contributed by atoms with van der Waals surface area (Å²) >= 11 is 5.78. The molecule has 4 nitrogen and oxygen atoms in total. The lowest BCUT2D eigenvalue weighted by Crippen LogP contribution is -2.39. The standard InChI is InChI=1S/C11H17ClN4/c1-13-5-9-3-2-4-16(8-9)11-14-6-10(12)7-15-11/h6-7,9,13H,2-5,8H2,1H3. The van der Waals surface area contributed by atoms with Crippen molar-refractivity contribution in [3.63, 3.8) is 0 Å². The van der Waals surface area contributed by atoms with Gasteiger partial charge < -0.3 is 10.2 Å². The van der Waals surface area contributed by atoms with Crippen molar-refractivity contribution < 1.29 is 0 Å². The number of hydrogen-bond donors (Lipinski definition) is 1. The predicted molar refractivity (Wildman–Crippen MR) is 65.9 cm³/mol. The molecule has 88 valence electrons. The number of hydrogen-bond acceptors (Lipinski definition) is 4. The first-order valence-corrected chi connectivity index (χ1v) is 6.04. The van der Waals surface area contributed by atoms with Crippen LogP contribution in [0.4, 0.5) is 5.95 Å². The Morgan fingerprint density at radius 1 is 1.50 bits per heavy atom. The zero-order valence-corrected chi connectivity index (χ0v) is 10.2. The fourth-order valence-corrected chi connectivity index (χ4v) is 2.27. The topological polar surface area (TPSA) is 41.0 Å². The molecule has 1 N–H and O–H groups in total. The Morgan fingerprint density at radius 2 is 2.25 bits per heavy atom. The van der Waals surface area contributed by atoms with E-state index in [0.717, 1.165) is 25.6 Å². The SMILES string of the molecule is CNCC1CCCN(c2ncc(Cl)cn2)C1. The Kier molecular flexibility index (Phi) is 3.96. The zero-order valence-electron chi connectivity index (χ0n) is 9.49. The fraction of sp³-hybridized carbons (Fsp3) is 0.636. The van der Waals surface area contributed by atoms with Gasteiger partial charge in [-0.15, -0.1) is 0 Å². The molecule has 5 heteroatoms. The van der Waals surface area contributed by atoms with E-state index in [0.29, 0.717) is 10.9 Å². The van der Waals surface area contributed by atoms with E-state index >= 15 is 0 Å². The summed E-state index contributed by atoms with van der Waals surface area (Å²) in [4.78, 5) is 10.8. The van der Waals surface area contributed by atoms with Gasteiger partial charge in [0.25, 0.3) is 0 Å². The first-order chi connectivity index (χ1) is 7.79. The molecule has 0 radical (unpaired) electrons. The largest absolute Gasteiger partial charge is 0.341 e. The van der Waals surface area contributed by atoms with E-state index in [9.17, 15) is 0 Å². The number of halogens is 1. The van der Waals surface area contributed by atoms with Crippen molar-refractivity contribution in [1.29, 1.82) is 0 Å². The molecule has 1 unspecified atom stereocenters. The Hall–Kier alpha value is -0.870. The highest BCUT2D eigenvalue weighted by Crippen LogP contribution is 2.20. The maximum absolute atomic E-state index is 5.78. The summed E-state index contributed by atoms with van der Waals surface area (Å²) in [5.74, 6) is 1.49. The minimum absolute atomic E-state index is 0.590. The molecular formula is C11H17ClN4. The number of rotatable bonds is 3. The van der Waals surface area contributed by atoms with Gasteiger partial charge in [0.1, 0.15) is 0 Å². The van der Waals surface area contributed by atoms with Crippen molar-refractivity contribution in [1.82, 2.24) is 15.3 Å². The maximum atomic E-state index is 5.78. The molecule has 1 aliphatic heterocycles. The van der Waals surface area contributed by atoms with Gasteiger partial charge in [-0.2, -0.15) is 0 Å². The number of nitrogens with zero attached hydrogens (tertiary/aromatic N) is 3. The molecule has 0 amide bonds. The Bertz CT molecular complexity index is 325. The lowest BCUT2D eigenvalue weighted by molar-refractivity contribution is 0.399. The monoisotopic (exact) mass is 240 g/mol. The van der Waals surface area contributed by atoms with E-state index in [4.69, 9.17) is 11.6 Å². The summed E-state index contributed by atoms with van der Waals surface area (Å²) < 4.78 is 0. The van der Waals surface area contributed by atoms with Gasteiger partial charge in [0, 0.05) is 13.1 Å². The van der Waals surface area contributed by atoms with Crippen LogP contribution in [0.2, 0.25) is 5.02 Å². The highest BCUT2D eigenvalue weighted by atomic mass is 35.5. The smallest absolute Gasteiger partial charge is 0.225 e. The number of aromatic nitrogens is 2. The third-order valence-electron chi connectivity index (χ3n) is 2.90. The van der Waals surface area contributed by atoms with Gasteiger partial charge in [-0.25, -0.2) is 9.97 Å². The van der Waals surface area contributed by atoms with Crippen LogP contribution in [0.15, 0.2) is 12.4 Å². The quantitative estimate of drug-likeness (QED) is 0.871. The summed E-state index contributed by atoms with van der Waals surface area (Å²) in [7, 11) is 2.00. The summed E-state index contributed by atoms with van der Waals surface area (Å²) in [6, 6.07) is 0. The van der Waals surface area contributed by atoms with Crippen molar-refractivity contribution in [2.75, 3.05) is 31.6 Å². The second-order valence-electron chi connectivity index (χ2n) is 4.21. The molecular weight excluding hydrogens is 224 g/mol. The molecule has 1 aromatic rings. The van der Waals surface area contributed by atoms with Crippen molar-refractivity contribution in [2.24, 2.45) is 5.92 Å². The molecule has 2 heterocycles. The molecule has 1 aromatic heterocycles. The highest BCUT2D eigenvalue weighted by Gasteiger charge is 2.20. The van der Waals surface area contributed by atoms with Gasteiger partial charge in [-0.1, -0.05) is 11.6 Å². The van der Waals surface area contributed by atoms with Crippen LogP contribution in [0.3, 0.4) is 0 Å². The molecule has 1 atom stereocenters. The summed E-state index contributed by atoms with van der Waals surface area (Å²) in [6.07, 6.45) is 5.81. The van der Waals surface area contributed by atoms with Gasteiger partial charge in [0.05, 0.1) is 17.4 Å². The van der Waals surface area contributed by atoms with E-state index in [2.05, 4.69) is 20.2 Å². The molecule has 0 bridgehead atoms. The van der Waals surface area contributed by atoms with E-state index in [1.165, 1.54) is 12.8 Å². The van der Waals surface area contributed by atoms with Crippen molar-refractivity contribution in [3.8, 4) is 0 Å². The average Bonchev–Trinajstić information content (AvgIpc) is 2.31. The molecule has 2 rings (SSSR count). The van der Waals surface area contributed by atoms with Crippen LogP contribution in [-0.2, 0) is 0 Å². The Labute approximate surface area is 101 Å².